The first-order chi connectivity index (χ1) is 8.34. The van der Waals surface area contributed by atoms with Crippen LogP contribution in [0.3, 0.4) is 0 Å². The minimum Gasteiger partial charge on any atom is -0.494 e. The molecule has 1 rings (SSSR count). The van der Waals surface area contributed by atoms with E-state index in [0.29, 0.717) is 6.61 Å². The number of primary amides is 1. The first-order valence-electron chi connectivity index (χ1n) is 5.49. The Morgan fingerprint density at radius 1 is 1.33 bits per heavy atom. The van der Waals surface area contributed by atoms with Crippen molar-refractivity contribution < 1.29 is 22.7 Å². The highest BCUT2D eigenvalue weighted by molar-refractivity contribution is 5.93. The average Bonchev–Trinajstić information content (AvgIpc) is 2.28. The van der Waals surface area contributed by atoms with Gasteiger partial charge >= 0.3 is 6.18 Å². The van der Waals surface area contributed by atoms with Gasteiger partial charge in [-0.25, -0.2) is 0 Å². The van der Waals surface area contributed by atoms with Gasteiger partial charge in [-0.15, -0.1) is 0 Å². The maximum atomic E-state index is 12.6. The second kappa shape index (κ2) is 5.75. The van der Waals surface area contributed by atoms with Crippen LogP contribution in [0.25, 0.3) is 0 Å². The van der Waals surface area contributed by atoms with E-state index in [1.54, 1.807) is 0 Å². The monoisotopic (exact) mass is 261 g/mol. The number of ether oxygens (including phenoxy) is 1. The number of unbranched alkanes of at least 4 members (excludes halogenated alkanes) is 1. The highest BCUT2D eigenvalue weighted by Crippen LogP contribution is 2.32. The van der Waals surface area contributed by atoms with Gasteiger partial charge in [0.2, 0.25) is 5.91 Å². The number of carbonyl (C=O) groups excluding carboxylic acids is 1. The Bertz CT molecular complexity index is 430. The maximum absolute atomic E-state index is 12.6. The number of amides is 1. The molecule has 0 aliphatic rings. The van der Waals surface area contributed by atoms with Crippen LogP contribution in [0.15, 0.2) is 18.2 Å². The Labute approximate surface area is 103 Å². The van der Waals surface area contributed by atoms with Gasteiger partial charge in [0, 0.05) is 5.56 Å². The van der Waals surface area contributed by atoms with E-state index in [0.717, 1.165) is 25.0 Å². The van der Waals surface area contributed by atoms with E-state index in [1.165, 1.54) is 6.07 Å². The van der Waals surface area contributed by atoms with Crippen LogP contribution in [0.4, 0.5) is 13.2 Å². The molecule has 0 aliphatic carbocycles. The smallest absolute Gasteiger partial charge is 0.416 e. The standard InChI is InChI=1S/C12H14F3NO2/c1-2-3-4-18-10-6-8(11(16)17)5-9(7-10)12(13,14)15/h5-7H,2-4H2,1H3,(H2,16,17). The van der Waals surface area contributed by atoms with Gasteiger partial charge in [-0.3, -0.25) is 4.79 Å². The topological polar surface area (TPSA) is 52.3 Å². The van der Waals surface area contributed by atoms with Gasteiger partial charge in [0.25, 0.3) is 0 Å². The van der Waals surface area contributed by atoms with Crippen molar-refractivity contribution in [3.63, 3.8) is 0 Å². The molecule has 0 atom stereocenters. The van der Waals surface area contributed by atoms with Crippen molar-refractivity contribution in [1.82, 2.24) is 0 Å². The van der Waals surface area contributed by atoms with Crippen LogP contribution in [-0.2, 0) is 6.18 Å². The lowest BCUT2D eigenvalue weighted by atomic mass is 10.1. The Morgan fingerprint density at radius 2 is 2.00 bits per heavy atom. The molecule has 0 spiro atoms. The highest BCUT2D eigenvalue weighted by atomic mass is 19.4. The van der Waals surface area contributed by atoms with E-state index in [-0.39, 0.29) is 11.3 Å². The number of rotatable bonds is 5. The second-order valence-electron chi connectivity index (χ2n) is 3.81. The largest absolute Gasteiger partial charge is 0.494 e. The number of carbonyl (C=O) groups is 1. The van der Waals surface area contributed by atoms with Crippen molar-refractivity contribution in [2.24, 2.45) is 5.73 Å². The fourth-order valence-electron chi connectivity index (χ4n) is 1.32. The first kappa shape index (κ1) is 14.3. The molecule has 2 N–H and O–H groups in total. The van der Waals surface area contributed by atoms with Crippen LogP contribution in [0.5, 0.6) is 5.75 Å². The second-order valence-corrected chi connectivity index (χ2v) is 3.81. The summed E-state index contributed by atoms with van der Waals surface area (Å²) < 4.78 is 42.9. The maximum Gasteiger partial charge on any atom is 0.416 e. The Balaban J connectivity index is 3.03. The normalized spacial score (nSPS) is 11.3. The summed E-state index contributed by atoms with van der Waals surface area (Å²) >= 11 is 0. The zero-order valence-electron chi connectivity index (χ0n) is 9.88. The van der Waals surface area contributed by atoms with Crippen molar-refractivity contribution in [3.05, 3.63) is 29.3 Å². The third kappa shape index (κ3) is 3.94. The fourth-order valence-corrected chi connectivity index (χ4v) is 1.32. The molecule has 0 aromatic heterocycles. The zero-order chi connectivity index (χ0) is 13.8. The minimum absolute atomic E-state index is 0.00655. The van der Waals surface area contributed by atoms with Gasteiger partial charge in [0.1, 0.15) is 5.75 Å². The Hall–Kier alpha value is -1.72. The lowest BCUT2D eigenvalue weighted by Crippen LogP contribution is -2.14. The molecule has 1 amide bonds. The molecule has 0 unspecified atom stereocenters. The van der Waals surface area contributed by atoms with Gasteiger partial charge in [-0.05, 0) is 24.6 Å². The molecule has 1 aromatic rings. The fraction of sp³-hybridized carbons (Fsp3) is 0.417. The van der Waals surface area contributed by atoms with E-state index in [1.807, 2.05) is 6.92 Å². The van der Waals surface area contributed by atoms with Gasteiger partial charge in [-0.1, -0.05) is 13.3 Å². The molecule has 0 heterocycles. The molecule has 0 fully saturated rings. The van der Waals surface area contributed by atoms with Crippen LogP contribution in [0.2, 0.25) is 0 Å². The molecule has 1 aromatic carbocycles. The van der Waals surface area contributed by atoms with E-state index in [2.05, 4.69) is 0 Å². The van der Waals surface area contributed by atoms with Crippen LogP contribution < -0.4 is 10.5 Å². The zero-order valence-corrected chi connectivity index (χ0v) is 9.88. The van der Waals surface area contributed by atoms with Crippen molar-refractivity contribution >= 4 is 5.91 Å². The minimum atomic E-state index is -4.53. The summed E-state index contributed by atoms with van der Waals surface area (Å²) in [6, 6.07) is 2.80. The molecule has 18 heavy (non-hydrogen) atoms. The summed E-state index contributed by atoms with van der Waals surface area (Å²) in [5.41, 5.74) is 3.84. The summed E-state index contributed by atoms with van der Waals surface area (Å²) in [4.78, 5) is 11.0. The predicted molar refractivity (Wildman–Crippen MR) is 60.4 cm³/mol. The summed E-state index contributed by atoms with van der Waals surface area (Å²) in [5.74, 6) is -0.909. The molecular formula is C12H14F3NO2. The van der Waals surface area contributed by atoms with Crippen LogP contribution >= 0.6 is 0 Å². The average molecular weight is 261 g/mol. The van der Waals surface area contributed by atoms with Gasteiger partial charge < -0.3 is 10.5 Å². The molecule has 0 saturated carbocycles. The number of halogens is 3. The van der Waals surface area contributed by atoms with Crippen molar-refractivity contribution in [3.8, 4) is 5.75 Å². The number of nitrogens with two attached hydrogens (primary N) is 1. The molecule has 3 nitrogen and oxygen atoms in total. The molecule has 6 heteroatoms. The Morgan fingerprint density at radius 3 is 2.50 bits per heavy atom. The first-order valence-corrected chi connectivity index (χ1v) is 5.49. The molecule has 0 bridgehead atoms. The quantitative estimate of drug-likeness (QED) is 0.828. The third-order valence-electron chi connectivity index (χ3n) is 2.28. The molecular weight excluding hydrogens is 247 g/mol. The number of alkyl halides is 3. The summed E-state index contributed by atoms with van der Waals surface area (Å²) in [6.45, 7) is 2.24. The lowest BCUT2D eigenvalue weighted by molar-refractivity contribution is -0.137. The predicted octanol–water partition coefficient (Wildman–Crippen LogP) is 2.98. The van der Waals surface area contributed by atoms with Gasteiger partial charge in [-0.2, -0.15) is 13.2 Å². The van der Waals surface area contributed by atoms with Crippen LogP contribution in [0, 0.1) is 0 Å². The van der Waals surface area contributed by atoms with Crippen LogP contribution in [-0.4, -0.2) is 12.5 Å². The SMILES string of the molecule is CCCCOc1cc(C(N)=O)cc(C(F)(F)F)c1. The summed E-state index contributed by atoms with van der Waals surface area (Å²) in [6.07, 6.45) is -2.95. The van der Waals surface area contributed by atoms with Crippen LogP contribution in [0.1, 0.15) is 35.7 Å². The molecule has 0 radical (unpaired) electrons. The third-order valence-corrected chi connectivity index (χ3v) is 2.28. The van der Waals surface area contributed by atoms with Crippen molar-refractivity contribution in [2.45, 2.75) is 25.9 Å². The molecule has 0 saturated heterocycles. The van der Waals surface area contributed by atoms with E-state index in [9.17, 15) is 18.0 Å². The molecule has 0 aliphatic heterocycles. The molecule has 100 valence electrons. The summed E-state index contributed by atoms with van der Waals surface area (Å²) in [7, 11) is 0. The van der Waals surface area contributed by atoms with Crippen molar-refractivity contribution in [2.75, 3.05) is 6.61 Å². The Kier molecular flexibility index (Phi) is 4.58. The van der Waals surface area contributed by atoms with Gasteiger partial charge in [0.05, 0.1) is 12.2 Å². The van der Waals surface area contributed by atoms with E-state index in [4.69, 9.17) is 10.5 Å². The summed E-state index contributed by atoms with van der Waals surface area (Å²) in [5, 5.41) is 0. The number of benzene rings is 1. The van der Waals surface area contributed by atoms with E-state index < -0.39 is 17.6 Å². The van der Waals surface area contributed by atoms with E-state index >= 15 is 0 Å². The highest BCUT2D eigenvalue weighted by Gasteiger charge is 2.31. The number of hydrogen-bond donors (Lipinski definition) is 1. The van der Waals surface area contributed by atoms with Crippen molar-refractivity contribution in [1.29, 1.82) is 0 Å². The number of hydrogen-bond acceptors (Lipinski definition) is 2. The lowest BCUT2D eigenvalue weighted by Gasteiger charge is -2.11. The van der Waals surface area contributed by atoms with Gasteiger partial charge in [0.15, 0.2) is 0 Å².